The molecule has 2 rings (SSSR count). The predicted molar refractivity (Wildman–Crippen MR) is 78.8 cm³/mol. The molecule has 0 spiro atoms. The lowest BCUT2D eigenvalue weighted by Gasteiger charge is -2.31. The molecule has 0 radical (unpaired) electrons. The number of nitrogens with one attached hydrogen (secondary N) is 1. The van der Waals surface area contributed by atoms with Crippen LogP contribution in [0.5, 0.6) is 0 Å². The standard InChI is InChI=1S/C16H30N2O/c1-13(11-14-7-3-2-4-8-14)15(19)18-16(12-17)9-5-6-10-16/h13-14H,2-12,17H2,1H3,(H,18,19). The van der Waals surface area contributed by atoms with Crippen LogP contribution in [0.3, 0.4) is 0 Å². The van der Waals surface area contributed by atoms with E-state index in [2.05, 4.69) is 12.2 Å². The molecule has 0 bridgehead atoms. The summed E-state index contributed by atoms with van der Waals surface area (Å²) in [6, 6.07) is 0. The van der Waals surface area contributed by atoms with Gasteiger partial charge in [0.2, 0.25) is 5.91 Å². The monoisotopic (exact) mass is 266 g/mol. The molecule has 1 unspecified atom stereocenters. The Balaban J connectivity index is 1.81. The molecular formula is C16H30N2O. The second-order valence-corrected chi connectivity index (χ2v) is 6.82. The molecule has 1 amide bonds. The molecule has 0 aromatic carbocycles. The average molecular weight is 266 g/mol. The van der Waals surface area contributed by atoms with Crippen molar-refractivity contribution in [1.29, 1.82) is 0 Å². The lowest BCUT2D eigenvalue weighted by atomic mass is 9.82. The number of nitrogens with two attached hydrogens (primary N) is 1. The molecule has 0 heterocycles. The molecule has 0 saturated heterocycles. The van der Waals surface area contributed by atoms with E-state index in [4.69, 9.17) is 5.73 Å². The zero-order valence-corrected chi connectivity index (χ0v) is 12.4. The van der Waals surface area contributed by atoms with Crippen molar-refractivity contribution in [3.63, 3.8) is 0 Å². The van der Waals surface area contributed by atoms with Crippen molar-refractivity contribution in [3.8, 4) is 0 Å². The summed E-state index contributed by atoms with van der Waals surface area (Å²) in [6.07, 6.45) is 12.3. The quantitative estimate of drug-likeness (QED) is 0.803. The van der Waals surface area contributed by atoms with Gasteiger partial charge in [0, 0.05) is 12.5 Å². The largest absolute Gasteiger partial charge is 0.349 e. The summed E-state index contributed by atoms with van der Waals surface area (Å²) in [7, 11) is 0. The number of carbonyl (C=O) groups is 1. The van der Waals surface area contributed by atoms with E-state index in [1.807, 2.05) is 0 Å². The zero-order valence-electron chi connectivity index (χ0n) is 12.4. The van der Waals surface area contributed by atoms with Crippen molar-refractivity contribution >= 4 is 5.91 Å². The summed E-state index contributed by atoms with van der Waals surface area (Å²) in [4.78, 5) is 12.4. The Hall–Kier alpha value is -0.570. The van der Waals surface area contributed by atoms with Crippen LogP contribution in [0.1, 0.15) is 71.1 Å². The Morgan fingerprint density at radius 3 is 2.42 bits per heavy atom. The van der Waals surface area contributed by atoms with Crippen LogP contribution >= 0.6 is 0 Å². The molecule has 0 aliphatic heterocycles. The highest BCUT2D eigenvalue weighted by molar-refractivity contribution is 5.79. The van der Waals surface area contributed by atoms with E-state index in [9.17, 15) is 4.79 Å². The van der Waals surface area contributed by atoms with Crippen molar-refractivity contribution in [2.45, 2.75) is 76.7 Å². The van der Waals surface area contributed by atoms with Gasteiger partial charge in [-0.15, -0.1) is 0 Å². The summed E-state index contributed by atoms with van der Waals surface area (Å²) in [6.45, 7) is 2.68. The van der Waals surface area contributed by atoms with E-state index in [0.29, 0.717) is 6.54 Å². The van der Waals surface area contributed by atoms with Crippen LogP contribution in [0, 0.1) is 11.8 Å². The fourth-order valence-corrected chi connectivity index (χ4v) is 3.85. The van der Waals surface area contributed by atoms with E-state index >= 15 is 0 Å². The fourth-order valence-electron chi connectivity index (χ4n) is 3.85. The molecule has 3 nitrogen and oxygen atoms in total. The van der Waals surface area contributed by atoms with E-state index in [1.165, 1.54) is 44.9 Å². The number of amides is 1. The minimum absolute atomic E-state index is 0.0854. The van der Waals surface area contributed by atoms with Gasteiger partial charge >= 0.3 is 0 Å². The topological polar surface area (TPSA) is 55.1 Å². The number of hydrogen-bond donors (Lipinski definition) is 2. The molecule has 19 heavy (non-hydrogen) atoms. The Morgan fingerprint density at radius 1 is 1.21 bits per heavy atom. The fraction of sp³-hybridized carbons (Fsp3) is 0.938. The molecular weight excluding hydrogens is 236 g/mol. The first kappa shape index (κ1) is 14.8. The normalized spacial score (nSPS) is 25.2. The lowest BCUT2D eigenvalue weighted by molar-refractivity contribution is -0.127. The molecule has 0 aromatic rings. The summed E-state index contributed by atoms with van der Waals surface area (Å²) in [5, 5.41) is 3.27. The van der Waals surface area contributed by atoms with Crippen LogP contribution < -0.4 is 11.1 Å². The highest BCUT2D eigenvalue weighted by atomic mass is 16.2. The van der Waals surface area contributed by atoms with Crippen molar-refractivity contribution in [1.82, 2.24) is 5.32 Å². The van der Waals surface area contributed by atoms with Crippen molar-refractivity contribution in [2.24, 2.45) is 17.6 Å². The first-order chi connectivity index (χ1) is 9.15. The van der Waals surface area contributed by atoms with Crippen LogP contribution in [0.15, 0.2) is 0 Å². The van der Waals surface area contributed by atoms with Gasteiger partial charge in [0.1, 0.15) is 0 Å². The van der Waals surface area contributed by atoms with Gasteiger partial charge in [-0.25, -0.2) is 0 Å². The molecule has 2 saturated carbocycles. The van der Waals surface area contributed by atoms with Gasteiger partial charge in [-0.3, -0.25) is 4.79 Å². The minimum Gasteiger partial charge on any atom is -0.349 e. The average Bonchev–Trinajstić information content (AvgIpc) is 2.89. The van der Waals surface area contributed by atoms with Gasteiger partial charge in [-0.2, -0.15) is 0 Å². The number of hydrogen-bond acceptors (Lipinski definition) is 2. The maximum Gasteiger partial charge on any atom is 0.223 e. The molecule has 0 aromatic heterocycles. The predicted octanol–water partition coefficient (Wildman–Crippen LogP) is 2.98. The van der Waals surface area contributed by atoms with Gasteiger partial charge < -0.3 is 11.1 Å². The molecule has 2 fully saturated rings. The van der Waals surface area contributed by atoms with Gasteiger partial charge in [-0.1, -0.05) is 51.9 Å². The number of rotatable bonds is 5. The summed E-state index contributed by atoms with van der Waals surface area (Å²) >= 11 is 0. The maximum atomic E-state index is 12.4. The Labute approximate surface area is 117 Å². The van der Waals surface area contributed by atoms with Crippen LogP contribution in [0.4, 0.5) is 0 Å². The smallest absolute Gasteiger partial charge is 0.223 e. The molecule has 2 aliphatic rings. The van der Waals surface area contributed by atoms with Crippen LogP contribution in [0.2, 0.25) is 0 Å². The van der Waals surface area contributed by atoms with Gasteiger partial charge in [-0.05, 0) is 25.2 Å². The van der Waals surface area contributed by atoms with E-state index in [-0.39, 0.29) is 17.4 Å². The van der Waals surface area contributed by atoms with E-state index in [1.54, 1.807) is 0 Å². The third-order valence-corrected chi connectivity index (χ3v) is 5.20. The Morgan fingerprint density at radius 2 is 1.84 bits per heavy atom. The molecule has 1 atom stereocenters. The summed E-state index contributed by atoms with van der Waals surface area (Å²) < 4.78 is 0. The van der Waals surface area contributed by atoms with Gasteiger partial charge in [0.25, 0.3) is 0 Å². The van der Waals surface area contributed by atoms with Crippen LogP contribution in [0.25, 0.3) is 0 Å². The summed E-state index contributed by atoms with van der Waals surface area (Å²) in [5.74, 6) is 1.15. The zero-order chi connectivity index (χ0) is 13.7. The Bertz CT molecular complexity index is 291. The highest BCUT2D eigenvalue weighted by Crippen LogP contribution is 2.31. The second kappa shape index (κ2) is 6.74. The SMILES string of the molecule is CC(CC1CCCCC1)C(=O)NC1(CN)CCCC1. The minimum atomic E-state index is -0.0854. The van der Waals surface area contributed by atoms with Crippen molar-refractivity contribution in [2.75, 3.05) is 6.54 Å². The van der Waals surface area contributed by atoms with Crippen molar-refractivity contribution in [3.05, 3.63) is 0 Å². The summed E-state index contributed by atoms with van der Waals surface area (Å²) in [5.41, 5.74) is 5.80. The lowest BCUT2D eigenvalue weighted by Crippen LogP contribution is -2.53. The third-order valence-electron chi connectivity index (χ3n) is 5.20. The van der Waals surface area contributed by atoms with E-state index < -0.39 is 0 Å². The number of carbonyl (C=O) groups excluding carboxylic acids is 1. The third kappa shape index (κ3) is 3.95. The first-order valence-corrected chi connectivity index (χ1v) is 8.17. The van der Waals surface area contributed by atoms with E-state index in [0.717, 1.165) is 25.2 Å². The second-order valence-electron chi connectivity index (χ2n) is 6.82. The van der Waals surface area contributed by atoms with Gasteiger partial charge in [0.15, 0.2) is 0 Å². The molecule has 3 heteroatoms. The molecule has 2 aliphatic carbocycles. The highest BCUT2D eigenvalue weighted by Gasteiger charge is 2.35. The van der Waals surface area contributed by atoms with Crippen molar-refractivity contribution < 1.29 is 4.79 Å². The Kier molecular flexibility index (Phi) is 5.26. The maximum absolute atomic E-state index is 12.4. The van der Waals surface area contributed by atoms with Gasteiger partial charge in [0.05, 0.1) is 5.54 Å². The van der Waals surface area contributed by atoms with Crippen LogP contribution in [-0.4, -0.2) is 18.0 Å². The van der Waals surface area contributed by atoms with Crippen LogP contribution in [-0.2, 0) is 4.79 Å². The molecule has 110 valence electrons. The first-order valence-electron chi connectivity index (χ1n) is 8.17. The molecule has 3 N–H and O–H groups in total.